The Morgan fingerprint density at radius 1 is 1.00 bits per heavy atom. The summed E-state index contributed by atoms with van der Waals surface area (Å²) in [4.78, 5) is 13.1. The lowest BCUT2D eigenvalue weighted by Crippen LogP contribution is -2.22. The van der Waals surface area contributed by atoms with E-state index in [4.69, 9.17) is 16.3 Å². The summed E-state index contributed by atoms with van der Waals surface area (Å²) in [5.74, 6) is 0.809. The number of pyridine rings is 1. The molecule has 0 spiro atoms. The maximum absolute atomic E-state index is 13.1. The van der Waals surface area contributed by atoms with Gasteiger partial charge >= 0.3 is 0 Å². The fourth-order valence-corrected chi connectivity index (χ4v) is 3.99. The van der Waals surface area contributed by atoms with Crippen LogP contribution in [0.2, 0.25) is 5.02 Å². The predicted octanol–water partition coefficient (Wildman–Crippen LogP) is 4.32. The van der Waals surface area contributed by atoms with Crippen LogP contribution >= 0.6 is 11.6 Å². The van der Waals surface area contributed by atoms with E-state index >= 15 is 0 Å². The van der Waals surface area contributed by atoms with E-state index in [0.29, 0.717) is 34.7 Å². The third kappa shape index (κ3) is 3.50. The van der Waals surface area contributed by atoms with Gasteiger partial charge in [0.05, 0.1) is 18.4 Å². The molecule has 32 heavy (non-hydrogen) atoms. The number of aryl methyl sites for hydroxylation is 3. The quantitative estimate of drug-likeness (QED) is 0.403. The molecule has 2 aromatic carbocycles. The molecule has 8 heteroatoms. The molecular formula is C24H20ClN5O2. The third-order valence-corrected chi connectivity index (χ3v) is 5.81. The Morgan fingerprint density at radius 3 is 2.47 bits per heavy atom. The van der Waals surface area contributed by atoms with Crippen LogP contribution in [0.4, 0.5) is 0 Å². The van der Waals surface area contributed by atoms with Crippen molar-refractivity contribution in [3.63, 3.8) is 0 Å². The zero-order valence-corrected chi connectivity index (χ0v) is 18.4. The SMILES string of the molecule is COc1ccc(CCn2ccc3c(nnc4c(-c5ccc(Cl)cc5)c(C)nn43)c2=O)cc1. The first-order valence-corrected chi connectivity index (χ1v) is 10.6. The van der Waals surface area contributed by atoms with Crippen molar-refractivity contribution in [3.8, 4) is 16.9 Å². The third-order valence-electron chi connectivity index (χ3n) is 5.56. The van der Waals surface area contributed by atoms with Crippen molar-refractivity contribution < 1.29 is 4.74 Å². The monoisotopic (exact) mass is 445 g/mol. The standard InChI is InChI=1S/C24H20ClN5O2/c1-15-21(17-5-7-18(25)8-6-17)23-27-26-22-20(30(23)28-15)12-14-29(24(22)31)13-11-16-3-9-19(32-2)10-4-16/h3-10,12,14H,11,13H2,1-2H3. The van der Waals surface area contributed by atoms with Gasteiger partial charge in [-0.15, -0.1) is 10.2 Å². The number of aromatic nitrogens is 5. The smallest absolute Gasteiger partial charge is 0.280 e. The van der Waals surface area contributed by atoms with Crippen LogP contribution in [0.25, 0.3) is 27.8 Å². The molecule has 0 atom stereocenters. The van der Waals surface area contributed by atoms with Gasteiger partial charge in [0.1, 0.15) is 11.3 Å². The second-order valence-electron chi connectivity index (χ2n) is 7.55. The van der Waals surface area contributed by atoms with E-state index in [1.54, 1.807) is 22.4 Å². The van der Waals surface area contributed by atoms with Crippen LogP contribution in [0.15, 0.2) is 65.6 Å². The molecule has 0 saturated carbocycles. The molecule has 0 radical (unpaired) electrons. The van der Waals surface area contributed by atoms with Crippen LogP contribution in [-0.2, 0) is 13.0 Å². The summed E-state index contributed by atoms with van der Waals surface area (Å²) >= 11 is 6.03. The molecule has 5 aromatic rings. The number of ether oxygens (including phenoxy) is 1. The van der Waals surface area contributed by atoms with E-state index in [1.165, 1.54) is 0 Å². The van der Waals surface area contributed by atoms with Gasteiger partial charge in [0.2, 0.25) is 0 Å². The molecule has 5 rings (SSSR count). The van der Waals surface area contributed by atoms with E-state index < -0.39 is 0 Å². The fraction of sp³-hybridized carbons (Fsp3) is 0.167. The van der Waals surface area contributed by atoms with Crippen LogP contribution in [0.5, 0.6) is 5.75 Å². The van der Waals surface area contributed by atoms with Gasteiger partial charge < -0.3 is 9.30 Å². The van der Waals surface area contributed by atoms with Crippen molar-refractivity contribution in [2.45, 2.75) is 19.9 Å². The highest BCUT2D eigenvalue weighted by Gasteiger charge is 2.17. The molecule has 160 valence electrons. The summed E-state index contributed by atoms with van der Waals surface area (Å²) in [5, 5.41) is 13.9. The number of nitrogens with zero attached hydrogens (tertiary/aromatic N) is 5. The molecule has 7 nitrogen and oxygen atoms in total. The van der Waals surface area contributed by atoms with Crippen LogP contribution in [-0.4, -0.2) is 31.5 Å². The minimum absolute atomic E-state index is 0.188. The minimum Gasteiger partial charge on any atom is -0.497 e. The number of hydrogen-bond acceptors (Lipinski definition) is 5. The summed E-state index contributed by atoms with van der Waals surface area (Å²) in [6.07, 6.45) is 2.50. The topological polar surface area (TPSA) is 74.3 Å². The molecule has 0 unspecified atom stereocenters. The van der Waals surface area contributed by atoms with Crippen LogP contribution in [0.1, 0.15) is 11.3 Å². The van der Waals surface area contributed by atoms with Gasteiger partial charge in [0.15, 0.2) is 11.2 Å². The van der Waals surface area contributed by atoms with Crippen LogP contribution < -0.4 is 10.3 Å². The van der Waals surface area contributed by atoms with Crippen molar-refractivity contribution in [2.24, 2.45) is 0 Å². The first-order chi connectivity index (χ1) is 15.5. The molecule has 0 aliphatic rings. The number of hydrogen-bond donors (Lipinski definition) is 0. The van der Waals surface area contributed by atoms with E-state index in [-0.39, 0.29) is 5.56 Å². The summed E-state index contributed by atoms with van der Waals surface area (Å²) in [7, 11) is 1.64. The summed E-state index contributed by atoms with van der Waals surface area (Å²) in [6, 6.07) is 17.2. The summed E-state index contributed by atoms with van der Waals surface area (Å²) < 4.78 is 8.54. The number of benzene rings is 2. The van der Waals surface area contributed by atoms with Gasteiger partial charge in [-0.1, -0.05) is 35.9 Å². The number of fused-ring (bicyclic) bond motifs is 3. The number of methoxy groups -OCH3 is 1. The predicted molar refractivity (Wildman–Crippen MR) is 124 cm³/mol. The molecule has 0 fully saturated rings. The van der Waals surface area contributed by atoms with Crippen molar-refractivity contribution >= 4 is 28.3 Å². The van der Waals surface area contributed by atoms with Crippen molar-refractivity contribution in [1.82, 2.24) is 24.4 Å². The first-order valence-electron chi connectivity index (χ1n) is 10.2. The average Bonchev–Trinajstić information content (AvgIpc) is 3.15. The molecule has 0 saturated heterocycles. The van der Waals surface area contributed by atoms with Crippen LogP contribution in [0.3, 0.4) is 0 Å². The van der Waals surface area contributed by atoms with Gasteiger partial charge in [-0.25, -0.2) is 4.52 Å². The van der Waals surface area contributed by atoms with Crippen LogP contribution in [0, 0.1) is 6.92 Å². The normalized spacial score (nSPS) is 11.3. The second-order valence-corrected chi connectivity index (χ2v) is 7.99. The molecule has 3 aromatic heterocycles. The van der Waals surface area contributed by atoms with Gasteiger partial charge in [0, 0.05) is 17.8 Å². The number of halogens is 1. The lowest BCUT2D eigenvalue weighted by molar-refractivity contribution is 0.414. The van der Waals surface area contributed by atoms with E-state index in [2.05, 4.69) is 15.3 Å². The van der Waals surface area contributed by atoms with Crippen molar-refractivity contribution in [1.29, 1.82) is 0 Å². The maximum Gasteiger partial charge on any atom is 0.280 e. The Labute approximate surface area is 188 Å². The Balaban J connectivity index is 1.52. The molecule has 3 heterocycles. The van der Waals surface area contributed by atoms with E-state index in [0.717, 1.165) is 28.1 Å². The Bertz CT molecular complexity index is 1490. The molecule has 0 aliphatic carbocycles. The van der Waals surface area contributed by atoms with E-state index in [1.807, 2.05) is 61.5 Å². The van der Waals surface area contributed by atoms with Gasteiger partial charge in [-0.05, 0) is 54.8 Å². The first kappa shape index (κ1) is 20.2. The Hall–Kier alpha value is -3.71. The summed E-state index contributed by atoms with van der Waals surface area (Å²) in [6.45, 7) is 2.45. The zero-order valence-electron chi connectivity index (χ0n) is 17.6. The highest BCUT2D eigenvalue weighted by atomic mass is 35.5. The molecular weight excluding hydrogens is 426 g/mol. The van der Waals surface area contributed by atoms with Gasteiger partial charge in [0.25, 0.3) is 5.56 Å². The summed E-state index contributed by atoms with van der Waals surface area (Å²) in [5.41, 5.74) is 5.08. The average molecular weight is 446 g/mol. The van der Waals surface area contributed by atoms with Crippen molar-refractivity contribution in [3.05, 3.63) is 87.4 Å². The Kier molecular flexibility index (Phi) is 5.11. The Morgan fingerprint density at radius 2 is 1.75 bits per heavy atom. The molecule has 0 amide bonds. The highest BCUT2D eigenvalue weighted by Crippen LogP contribution is 2.29. The van der Waals surface area contributed by atoms with Gasteiger partial charge in [-0.3, -0.25) is 4.79 Å². The highest BCUT2D eigenvalue weighted by molar-refractivity contribution is 6.30. The minimum atomic E-state index is -0.188. The van der Waals surface area contributed by atoms with Gasteiger partial charge in [-0.2, -0.15) is 5.10 Å². The second kappa shape index (κ2) is 8.09. The molecule has 0 bridgehead atoms. The lowest BCUT2D eigenvalue weighted by atomic mass is 10.1. The largest absolute Gasteiger partial charge is 0.497 e. The number of rotatable bonds is 5. The van der Waals surface area contributed by atoms with Crippen molar-refractivity contribution in [2.75, 3.05) is 7.11 Å². The zero-order chi connectivity index (χ0) is 22.2. The lowest BCUT2D eigenvalue weighted by Gasteiger charge is -2.08. The van der Waals surface area contributed by atoms with E-state index in [9.17, 15) is 4.79 Å². The molecule has 0 N–H and O–H groups in total. The molecule has 0 aliphatic heterocycles. The fourth-order valence-electron chi connectivity index (χ4n) is 3.86. The maximum atomic E-state index is 13.1.